The van der Waals surface area contributed by atoms with E-state index in [4.69, 9.17) is 0 Å². The Balaban J connectivity index is 1.76. The largest absolute Gasteiger partial charge is 0.328 e. The number of benzene rings is 2. The maximum absolute atomic E-state index is 12.8. The van der Waals surface area contributed by atoms with Gasteiger partial charge >= 0.3 is 10.6 Å². The van der Waals surface area contributed by atoms with Crippen molar-refractivity contribution >= 4 is 48.3 Å². The predicted octanol–water partition coefficient (Wildman–Crippen LogP) is 2.07. The number of hydrogen-bond acceptors (Lipinski definition) is 5. The number of thiazole rings is 1. The summed E-state index contributed by atoms with van der Waals surface area (Å²) < 4.78 is 33.5. The Kier molecular flexibility index (Phi) is 4.20. The Morgan fingerprint density at radius 2 is 1.64 bits per heavy atom. The fourth-order valence-electron chi connectivity index (χ4n) is 3.30. The monoisotopic (exact) mass is 418 g/mol. The van der Waals surface area contributed by atoms with Crippen LogP contribution in [0.25, 0.3) is 21.3 Å². The van der Waals surface area contributed by atoms with Crippen LogP contribution in [0.2, 0.25) is 0 Å². The van der Waals surface area contributed by atoms with E-state index in [1.165, 1.54) is 21.3 Å². The summed E-state index contributed by atoms with van der Waals surface area (Å²) in [7, 11) is -0.619. The lowest BCUT2D eigenvalue weighted by Gasteiger charge is -2.09. The second kappa shape index (κ2) is 6.35. The molecule has 8 nitrogen and oxygen atoms in total. The zero-order chi connectivity index (χ0) is 20.2. The van der Waals surface area contributed by atoms with Crippen LogP contribution in [0.4, 0.5) is 5.69 Å². The molecule has 2 heterocycles. The third-order valence-corrected chi connectivity index (χ3v) is 7.11. The predicted molar refractivity (Wildman–Crippen MR) is 111 cm³/mol. The summed E-state index contributed by atoms with van der Waals surface area (Å²) in [6, 6.07) is 9.58. The van der Waals surface area contributed by atoms with Crippen LogP contribution >= 0.6 is 11.3 Å². The van der Waals surface area contributed by atoms with E-state index < -0.39 is 10.0 Å². The summed E-state index contributed by atoms with van der Waals surface area (Å²) >= 11 is 1.08. The van der Waals surface area contributed by atoms with Crippen molar-refractivity contribution in [2.24, 2.45) is 14.1 Å². The standard InChI is InChI=1S/C18H18N4O4S2/c1-4-22-14-7-5-11(9-16(14)27-18(22)24)19-28(25,26)12-6-8-13-15(10-12)21(3)17(23)20(13)2/h5-10,19H,4H2,1-3H3. The normalized spacial score (nSPS) is 12.1. The second-order valence-corrected chi connectivity index (χ2v) is 9.13. The van der Waals surface area contributed by atoms with Crippen LogP contribution in [0.15, 0.2) is 50.9 Å². The lowest BCUT2D eigenvalue weighted by atomic mass is 10.3. The molecule has 0 saturated carbocycles. The van der Waals surface area contributed by atoms with Gasteiger partial charge in [0.15, 0.2) is 0 Å². The van der Waals surface area contributed by atoms with Crippen LogP contribution in [0.1, 0.15) is 6.92 Å². The van der Waals surface area contributed by atoms with Gasteiger partial charge in [0, 0.05) is 20.6 Å². The second-order valence-electron chi connectivity index (χ2n) is 6.45. The molecular formula is C18H18N4O4S2. The van der Waals surface area contributed by atoms with Gasteiger partial charge in [-0.25, -0.2) is 13.2 Å². The first-order valence-corrected chi connectivity index (χ1v) is 10.8. The van der Waals surface area contributed by atoms with Gasteiger partial charge in [0.25, 0.3) is 10.0 Å². The van der Waals surface area contributed by atoms with Crippen LogP contribution < -0.4 is 15.3 Å². The average molecular weight is 419 g/mol. The van der Waals surface area contributed by atoms with E-state index in [-0.39, 0.29) is 15.5 Å². The SMILES string of the molecule is CCn1c(=O)sc2cc(NS(=O)(=O)c3ccc4c(c3)n(C)c(=O)n4C)ccc21. The number of aromatic nitrogens is 3. The highest BCUT2D eigenvalue weighted by molar-refractivity contribution is 7.92. The number of anilines is 1. The molecule has 0 bridgehead atoms. The summed E-state index contributed by atoms with van der Waals surface area (Å²) in [5.74, 6) is 0. The topological polar surface area (TPSA) is 95.1 Å². The first-order valence-electron chi connectivity index (χ1n) is 8.54. The Bertz CT molecular complexity index is 1450. The molecule has 28 heavy (non-hydrogen) atoms. The number of sulfonamides is 1. The Morgan fingerprint density at radius 1 is 0.964 bits per heavy atom. The van der Waals surface area contributed by atoms with Crippen LogP contribution in [-0.2, 0) is 30.7 Å². The summed E-state index contributed by atoms with van der Waals surface area (Å²) in [6.07, 6.45) is 0. The maximum Gasteiger partial charge on any atom is 0.328 e. The van der Waals surface area contributed by atoms with Crippen molar-refractivity contribution < 1.29 is 8.42 Å². The van der Waals surface area contributed by atoms with Crippen molar-refractivity contribution in [2.75, 3.05) is 4.72 Å². The zero-order valence-corrected chi connectivity index (χ0v) is 17.1. The van der Waals surface area contributed by atoms with Gasteiger partial charge in [-0.15, -0.1) is 0 Å². The van der Waals surface area contributed by atoms with E-state index in [0.29, 0.717) is 28.0 Å². The van der Waals surface area contributed by atoms with Crippen LogP contribution in [-0.4, -0.2) is 22.1 Å². The first-order chi connectivity index (χ1) is 13.2. The summed E-state index contributed by atoms with van der Waals surface area (Å²) in [5.41, 5.74) is 2.11. The van der Waals surface area contributed by atoms with E-state index in [2.05, 4.69) is 4.72 Å². The number of nitrogens with one attached hydrogen (secondary N) is 1. The molecular weight excluding hydrogens is 400 g/mol. The molecule has 0 radical (unpaired) electrons. The maximum atomic E-state index is 12.8. The molecule has 4 rings (SSSR count). The summed E-state index contributed by atoms with van der Waals surface area (Å²) in [5, 5.41) is 0. The third kappa shape index (κ3) is 2.76. The van der Waals surface area contributed by atoms with Crippen molar-refractivity contribution in [1.29, 1.82) is 0 Å². The number of fused-ring (bicyclic) bond motifs is 2. The summed E-state index contributed by atoms with van der Waals surface area (Å²) in [4.78, 5) is 24.0. The van der Waals surface area contributed by atoms with Crippen molar-refractivity contribution in [1.82, 2.24) is 13.7 Å². The number of imidazole rings is 1. The highest BCUT2D eigenvalue weighted by Gasteiger charge is 2.18. The molecule has 2 aromatic carbocycles. The molecule has 0 unspecified atom stereocenters. The quantitative estimate of drug-likeness (QED) is 0.549. The minimum absolute atomic E-state index is 0.0561. The molecule has 0 aliphatic carbocycles. The molecule has 146 valence electrons. The molecule has 2 aromatic heterocycles. The molecule has 1 N–H and O–H groups in total. The van der Waals surface area contributed by atoms with Crippen LogP contribution in [0, 0.1) is 0 Å². The lowest BCUT2D eigenvalue weighted by Crippen LogP contribution is -2.19. The van der Waals surface area contributed by atoms with E-state index in [1.807, 2.05) is 6.92 Å². The number of rotatable bonds is 4. The number of nitrogens with zero attached hydrogens (tertiary/aromatic N) is 3. The van der Waals surface area contributed by atoms with Crippen molar-refractivity contribution in [2.45, 2.75) is 18.4 Å². The molecule has 4 aromatic rings. The fourth-order valence-corrected chi connectivity index (χ4v) is 5.36. The van der Waals surface area contributed by atoms with Crippen LogP contribution in [0.5, 0.6) is 0 Å². The summed E-state index contributed by atoms with van der Waals surface area (Å²) in [6.45, 7) is 2.44. The number of hydrogen-bond donors (Lipinski definition) is 1. The van der Waals surface area contributed by atoms with Crippen molar-refractivity contribution in [3.8, 4) is 0 Å². The molecule has 0 amide bonds. The first kappa shape index (κ1) is 18.5. The lowest BCUT2D eigenvalue weighted by molar-refractivity contribution is 0.601. The van der Waals surface area contributed by atoms with Gasteiger partial charge in [0.2, 0.25) is 0 Å². The zero-order valence-electron chi connectivity index (χ0n) is 15.5. The van der Waals surface area contributed by atoms with Gasteiger partial charge < -0.3 is 0 Å². The van der Waals surface area contributed by atoms with Gasteiger partial charge in [-0.1, -0.05) is 11.3 Å². The molecule has 0 aliphatic heterocycles. The molecule has 0 saturated heterocycles. The van der Waals surface area contributed by atoms with Gasteiger partial charge in [-0.3, -0.25) is 23.2 Å². The molecule has 0 atom stereocenters. The molecule has 10 heteroatoms. The highest BCUT2D eigenvalue weighted by atomic mass is 32.2. The number of aryl methyl sites for hydroxylation is 3. The highest BCUT2D eigenvalue weighted by Crippen LogP contribution is 2.25. The van der Waals surface area contributed by atoms with Crippen molar-refractivity contribution in [3.63, 3.8) is 0 Å². The van der Waals surface area contributed by atoms with E-state index >= 15 is 0 Å². The molecule has 0 spiro atoms. The van der Waals surface area contributed by atoms with Gasteiger partial charge in [0.1, 0.15) is 0 Å². The Morgan fingerprint density at radius 3 is 2.36 bits per heavy atom. The van der Waals surface area contributed by atoms with Gasteiger partial charge in [0.05, 0.1) is 31.8 Å². The molecule has 0 aliphatic rings. The average Bonchev–Trinajstić information content (AvgIpc) is 3.09. The van der Waals surface area contributed by atoms with Crippen LogP contribution in [0.3, 0.4) is 0 Å². The fraction of sp³-hybridized carbons (Fsp3) is 0.222. The van der Waals surface area contributed by atoms with E-state index in [1.54, 1.807) is 42.9 Å². The van der Waals surface area contributed by atoms with Gasteiger partial charge in [-0.2, -0.15) is 0 Å². The Hall–Kier alpha value is -2.85. The molecule has 0 fully saturated rings. The minimum atomic E-state index is -3.86. The third-order valence-electron chi connectivity index (χ3n) is 4.79. The van der Waals surface area contributed by atoms with E-state index in [9.17, 15) is 18.0 Å². The van der Waals surface area contributed by atoms with Gasteiger partial charge in [-0.05, 0) is 43.3 Å². The van der Waals surface area contributed by atoms with Crippen molar-refractivity contribution in [3.05, 3.63) is 56.5 Å². The Labute approximate surface area is 164 Å². The van der Waals surface area contributed by atoms with E-state index in [0.717, 1.165) is 16.9 Å². The smallest absolute Gasteiger partial charge is 0.299 e. The minimum Gasteiger partial charge on any atom is -0.299 e.